The summed E-state index contributed by atoms with van der Waals surface area (Å²) in [6.07, 6.45) is 90.3. The summed E-state index contributed by atoms with van der Waals surface area (Å²) in [6, 6.07) is 0. The van der Waals surface area contributed by atoms with Gasteiger partial charge in [-0.1, -0.05) is 333 Å². The molecule has 0 bridgehead atoms. The van der Waals surface area contributed by atoms with Gasteiger partial charge in [0.25, 0.3) is 0 Å². The van der Waals surface area contributed by atoms with E-state index in [1.165, 1.54) is 283 Å². The van der Waals surface area contributed by atoms with Crippen molar-refractivity contribution in [3.63, 3.8) is 0 Å². The first-order valence-corrected chi connectivity index (χ1v) is 36.6. The van der Waals surface area contributed by atoms with Crippen LogP contribution in [-0.2, 0) is 28.6 Å². The predicted octanol–water partition coefficient (Wildman–Crippen LogP) is 25.3. The molecule has 1 unspecified atom stereocenters. The van der Waals surface area contributed by atoms with Crippen molar-refractivity contribution in [3.05, 3.63) is 48.6 Å². The predicted molar refractivity (Wildman–Crippen MR) is 358 cm³/mol. The molecule has 1 atom stereocenters. The van der Waals surface area contributed by atoms with E-state index in [0.717, 1.165) is 77.0 Å². The number of esters is 3. The van der Waals surface area contributed by atoms with Gasteiger partial charge in [-0.3, -0.25) is 14.4 Å². The molecule has 6 heteroatoms. The lowest BCUT2D eigenvalue weighted by Gasteiger charge is -2.18. The Balaban J connectivity index is 4.12. The zero-order valence-corrected chi connectivity index (χ0v) is 55.3. The van der Waals surface area contributed by atoms with Gasteiger partial charge in [-0.05, 0) is 96.3 Å². The Morgan fingerprint density at radius 3 is 0.732 bits per heavy atom. The maximum Gasteiger partial charge on any atom is 0.306 e. The molecular formula is C76H140O6. The Morgan fingerprint density at radius 2 is 0.463 bits per heavy atom. The molecule has 0 aromatic heterocycles. The molecule has 0 aliphatic heterocycles. The van der Waals surface area contributed by atoms with Gasteiger partial charge in [-0.25, -0.2) is 0 Å². The molecular weight excluding hydrogens is 1010 g/mol. The molecule has 480 valence electrons. The zero-order valence-electron chi connectivity index (χ0n) is 55.3. The van der Waals surface area contributed by atoms with Crippen molar-refractivity contribution in [2.75, 3.05) is 13.2 Å². The number of rotatable bonds is 68. The van der Waals surface area contributed by atoms with Gasteiger partial charge in [0, 0.05) is 19.3 Å². The van der Waals surface area contributed by atoms with E-state index in [1.54, 1.807) is 0 Å². The van der Waals surface area contributed by atoms with Crippen LogP contribution in [0.15, 0.2) is 48.6 Å². The third kappa shape index (κ3) is 68.2. The van der Waals surface area contributed by atoms with E-state index in [-0.39, 0.29) is 31.1 Å². The number of carbonyl (C=O) groups excluding carboxylic acids is 3. The Morgan fingerprint density at radius 1 is 0.244 bits per heavy atom. The largest absolute Gasteiger partial charge is 0.462 e. The van der Waals surface area contributed by atoms with Gasteiger partial charge >= 0.3 is 17.9 Å². The van der Waals surface area contributed by atoms with E-state index >= 15 is 0 Å². The first kappa shape index (κ1) is 79.4. The number of hydrogen-bond acceptors (Lipinski definition) is 6. The monoisotopic (exact) mass is 1150 g/mol. The number of allylic oxidation sites excluding steroid dienone is 8. The summed E-state index contributed by atoms with van der Waals surface area (Å²) >= 11 is 0. The van der Waals surface area contributed by atoms with Crippen molar-refractivity contribution >= 4 is 17.9 Å². The third-order valence-corrected chi connectivity index (χ3v) is 16.5. The SMILES string of the molecule is CCC/C=C\CCCCCCCC(=O)OCC(COC(=O)CCCCCCCCCCCCCCCCCCC/C=C\CCCCCCCCCC)OC(=O)CCCCCCCCCCCCCCC/C=C\C/C=C\CCCCCCC. The molecule has 0 saturated heterocycles. The Bertz CT molecular complexity index is 1410. The van der Waals surface area contributed by atoms with E-state index < -0.39 is 6.10 Å². The molecule has 0 N–H and O–H groups in total. The average molecular weight is 1150 g/mol. The maximum atomic E-state index is 12.9. The van der Waals surface area contributed by atoms with E-state index in [2.05, 4.69) is 69.4 Å². The molecule has 82 heavy (non-hydrogen) atoms. The molecule has 0 rings (SSSR count). The molecule has 0 aliphatic rings. The van der Waals surface area contributed by atoms with Gasteiger partial charge in [0.15, 0.2) is 6.10 Å². The van der Waals surface area contributed by atoms with Gasteiger partial charge in [-0.2, -0.15) is 0 Å². The second kappa shape index (κ2) is 70.9. The first-order valence-electron chi connectivity index (χ1n) is 36.6. The van der Waals surface area contributed by atoms with Crippen LogP contribution in [0.4, 0.5) is 0 Å². The second-order valence-electron chi connectivity index (χ2n) is 24.8. The number of carbonyl (C=O) groups is 3. The van der Waals surface area contributed by atoms with Crippen molar-refractivity contribution in [2.45, 2.75) is 406 Å². The highest BCUT2D eigenvalue weighted by Gasteiger charge is 2.19. The summed E-state index contributed by atoms with van der Waals surface area (Å²) in [6.45, 7) is 6.62. The van der Waals surface area contributed by atoms with Gasteiger partial charge in [0.1, 0.15) is 13.2 Å². The summed E-state index contributed by atoms with van der Waals surface area (Å²) in [5.74, 6) is -0.859. The molecule has 0 fully saturated rings. The summed E-state index contributed by atoms with van der Waals surface area (Å²) < 4.78 is 17.0. The van der Waals surface area contributed by atoms with Crippen LogP contribution in [0.5, 0.6) is 0 Å². The fourth-order valence-corrected chi connectivity index (χ4v) is 11.0. The Labute approximate surface area is 511 Å². The highest BCUT2D eigenvalue weighted by Crippen LogP contribution is 2.18. The van der Waals surface area contributed by atoms with E-state index in [0.29, 0.717) is 19.3 Å². The number of hydrogen-bond donors (Lipinski definition) is 0. The highest BCUT2D eigenvalue weighted by atomic mass is 16.6. The molecule has 0 radical (unpaired) electrons. The third-order valence-electron chi connectivity index (χ3n) is 16.5. The number of unbranched alkanes of at least 4 members (excludes halogenated alkanes) is 49. The van der Waals surface area contributed by atoms with Crippen LogP contribution in [0, 0.1) is 0 Å². The molecule has 0 aliphatic carbocycles. The smallest absolute Gasteiger partial charge is 0.306 e. The lowest BCUT2D eigenvalue weighted by atomic mass is 10.0. The van der Waals surface area contributed by atoms with Crippen LogP contribution >= 0.6 is 0 Å². The molecule has 0 aromatic rings. The second-order valence-corrected chi connectivity index (χ2v) is 24.8. The van der Waals surface area contributed by atoms with Crippen LogP contribution in [0.25, 0.3) is 0 Å². The summed E-state index contributed by atoms with van der Waals surface area (Å²) in [5.41, 5.74) is 0. The minimum absolute atomic E-state index is 0.0719. The van der Waals surface area contributed by atoms with Crippen molar-refractivity contribution < 1.29 is 28.6 Å². The Hall–Kier alpha value is -2.63. The average Bonchev–Trinajstić information content (AvgIpc) is 3.48. The first-order chi connectivity index (χ1) is 40.5. The summed E-state index contributed by atoms with van der Waals surface area (Å²) in [4.78, 5) is 38.4. The quantitative estimate of drug-likeness (QED) is 0.0261. The van der Waals surface area contributed by atoms with Gasteiger partial charge in [0.05, 0.1) is 0 Å². The summed E-state index contributed by atoms with van der Waals surface area (Å²) in [7, 11) is 0. The van der Waals surface area contributed by atoms with Crippen LogP contribution in [0.1, 0.15) is 400 Å². The van der Waals surface area contributed by atoms with E-state index in [1.807, 2.05) is 0 Å². The molecule has 6 nitrogen and oxygen atoms in total. The standard InChI is InChI=1S/C76H140O6/c1-4-7-10-13-16-19-22-24-26-28-30-32-34-36-37-38-39-41-42-44-46-48-50-52-54-57-60-63-66-69-75(78)81-72-73(71-80-74(77)68-65-62-59-56-21-18-15-12-9-6-3)82-76(79)70-67-64-61-58-55-53-51-49-47-45-43-40-35-33-31-29-27-25-23-20-17-14-11-8-5-2/h12,15,23,25,28-31,73H,4-11,13-14,16-22,24,26-27,32-72H2,1-3H3/b15-12-,25-23-,30-28-,31-29-. The topological polar surface area (TPSA) is 78.9 Å². The molecule has 0 spiro atoms. The van der Waals surface area contributed by atoms with Crippen molar-refractivity contribution in [3.8, 4) is 0 Å². The van der Waals surface area contributed by atoms with Gasteiger partial charge < -0.3 is 14.2 Å². The van der Waals surface area contributed by atoms with Crippen molar-refractivity contribution in [1.29, 1.82) is 0 Å². The van der Waals surface area contributed by atoms with E-state index in [4.69, 9.17) is 14.2 Å². The maximum absolute atomic E-state index is 12.9. The lowest BCUT2D eigenvalue weighted by molar-refractivity contribution is -0.167. The normalized spacial score (nSPS) is 12.3. The van der Waals surface area contributed by atoms with Crippen molar-refractivity contribution in [2.24, 2.45) is 0 Å². The minimum Gasteiger partial charge on any atom is -0.462 e. The fourth-order valence-electron chi connectivity index (χ4n) is 11.0. The van der Waals surface area contributed by atoms with Crippen LogP contribution in [0.2, 0.25) is 0 Å². The molecule has 0 heterocycles. The zero-order chi connectivity index (χ0) is 59.2. The Kier molecular flexibility index (Phi) is 68.6. The van der Waals surface area contributed by atoms with E-state index in [9.17, 15) is 14.4 Å². The van der Waals surface area contributed by atoms with Crippen LogP contribution in [0.3, 0.4) is 0 Å². The van der Waals surface area contributed by atoms with Gasteiger partial charge in [0.2, 0.25) is 0 Å². The lowest BCUT2D eigenvalue weighted by Crippen LogP contribution is -2.30. The molecule has 0 saturated carbocycles. The van der Waals surface area contributed by atoms with Crippen molar-refractivity contribution in [1.82, 2.24) is 0 Å². The number of ether oxygens (including phenoxy) is 3. The minimum atomic E-state index is -0.776. The molecule has 0 amide bonds. The van der Waals surface area contributed by atoms with Gasteiger partial charge in [-0.15, -0.1) is 0 Å². The summed E-state index contributed by atoms with van der Waals surface area (Å²) in [5, 5.41) is 0. The molecule has 0 aromatic carbocycles. The highest BCUT2D eigenvalue weighted by molar-refractivity contribution is 5.71. The fraction of sp³-hybridized carbons (Fsp3) is 0.855. The van der Waals surface area contributed by atoms with Crippen LogP contribution < -0.4 is 0 Å². The van der Waals surface area contributed by atoms with Crippen LogP contribution in [-0.4, -0.2) is 37.2 Å².